The standard InChI is InChI=1S/C21H31N3O2/c1-15(2)22-21(26)24-12-6-9-18(14-24)16-7-5-8-17(13-16)20(25)23-19-10-3-4-11-19/h5,7-8,13,15,18-19H,3-4,6,9-12,14H2,1-2H3,(H,22,26)(H,23,25). The molecule has 1 aliphatic heterocycles. The lowest BCUT2D eigenvalue weighted by atomic mass is 9.89. The molecule has 0 aromatic heterocycles. The Labute approximate surface area is 156 Å². The predicted octanol–water partition coefficient (Wildman–Crippen LogP) is 3.66. The minimum Gasteiger partial charge on any atom is -0.349 e. The van der Waals surface area contributed by atoms with Gasteiger partial charge in [-0.2, -0.15) is 0 Å². The number of hydrogen-bond acceptors (Lipinski definition) is 2. The zero-order chi connectivity index (χ0) is 18.5. The van der Waals surface area contributed by atoms with Crippen LogP contribution in [0.3, 0.4) is 0 Å². The molecule has 0 bridgehead atoms. The highest BCUT2D eigenvalue weighted by Crippen LogP contribution is 2.28. The lowest BCUT2D eigenvalue weighted by molar-refractivity contribution is 0.0937. The van der Waals surface area contributed by atoms with Gasteiger partial charge in [-0.05, 0) is 57.2 Å². The molecule has 1 unspecified atom stereocenters. The first-order valence-corrected chi connectivity index (χ1v) is 9.99. The van der Waals surface area contributed by atoms with Gasteiger partial charge in [0.1, 0.15) is 0 Å². The smallest absolute Gasteiger partial charge is 0.317 e. The third-order valence-corrected chi connectivity index (χ3v) is 5.43. The molecule has 1 saturated carbocycles. The quantitative estimate of drug-likeness (QED) is 0.864. The summed E-state index contributed by atoms with van der Waals surface area (Å²) in [4.78, 5) is 26.8. The Morgan fingerprint density at radius 2 is 1.88 bits per heavy atom. The second-order valence-corrected chi connectivity index (χ2v) is 7.97. The van der Waals surface area contributed by atoms with Crippen molar-refractivity contribution in [1.82, 2.24) is 15.5 Å². The maximum Gasteiger partial charge on any atom is 0.317 e. The SMILES string of the molecule is CC(C)NC(=O)N1CCCC(c2cccc(C(=O)NC3CCCC3)c2)C1. The van der Waals surface area contributed by atoms with E-state index >= 15 is 0 Å². The highest BCUT2D eigenvalue weighted by atomic mass is 16.2. The zero-order valence-electron chi connectivity index (χ0n) is 16.0. The van der Waals surface area contributed by atoms with E-state index in [4.69, 9.17) is 0 Å². The fourth-order valence-electron chi connectivity index (χ4n) is 4.04. The topological polar surface area (TPSA) is 61.4 Å². The molecular formula is C21H31N3O2. The van der Waals surface area contributed by atoms with Crippen LogP contribution in [0.25, 0.3) is 0 Å². The molecule has 1 heterocycles. The van der Waals surface area contributed by atoms with Crippen LogP contribution in [0.2, 0.25) is 0 Å². The number of nitrogens with zero attached hydrogens (tertiary/aromatic N) is 1. The molecule has 1 saturated heterocycles. The van der Waals surface area contributed by atoms with Gasteiger partial charge in [0.25, 0.3) is 5.91 Å². The van der Waals surface area contributed by atoms with E-state index in [-0.39, 0.29) is 18.0 Å². The van der Waals surface area contributed by atoms with Gasteiger partial charge in [-0.25, -0.2) is 4.79 Å². The van der Waals surface area contributed by atoms with Crippen LogP contribution < -0.4 is 10.6 Å². The van der Waals surface area contributed by atoms with E-state index in [1.165, 1.54) is 12.8 Å². The van der Waals surface area contributed by atoms with Crippen molar-refractivity contribution in [2.45, 2.75) is 70.4 Å². The number of carbonyl (C=O) groups is 2. The molecule has 5 heteroatoms. The van der Waals surface area contributed by atoms with Gasteiger partial charge in [-0.1, -0.05) is 25.0 Å². The van der Waals surface area contributed by atoms with Crippen molar-refractivity contribution in [3.63, 3.8) is 0 Å². The fraction of sp³-hybridized carbons (Fsp3) is 0.619. The number of nitrogens with one attached hydrogen (secondary N) is 2. The summed E-state index contributed by atoms with van der Waals surface area (Å²) < 4.78 is 0. The van der Waals surface area contributed by atoms with Crippen LogP contribution in [0.5, 0.6) is 0 Å². The number of likely N-dealkylation sites (tertiary alicyclic amines) is 1. The summed E-state index contributed by atoms with van der Waals surface area (Å²) in [6.07, 6.45) is 6.65. The Hall–Kier alpha value is -2.04. The van der Waals surface area contributed by atoms with E-state index in [1.807, 2.05) is 36.9 Å². The summed E-state index contributed by atoms with van der Waals surface area (Å²) in [5.74, 6) is 0.324. The number of hydrogen-bond donors (Lipinski definition) is 2. The monoisotopic (exact) mass is 357 g/mol. The summed E-state index contributed by atoms with van der Waals surface area (Å²) in [6, 6.07) is 8.44. The highest BCUT2D eigenvalue weighted by Gasteiger charge is 2.26. The molecule has 142 valence electrons. The lowest BCUT2D eigenvalue weighted by Gasteiger charge is -2.33. The van der Waals surface area contributed by atoms with Gasteiger partial charge in [-0.3, -0.25) is 4.79 Å². The molecule has 3 rings (SSSR count). The maximum atomic E-state index is 12.5. The molecule has 3 amide bonds. The zero-order valence-corrected chi connectivity index (χ0v) is 16.0. The first-order valence-electron chi connectivity index (χ1n) is 9.99. The molecule has 1 aliphatic carbocycles. The number of carbonyl (C=O) groups excluding carboxylic acids is 2. The Morgan fingerprint density at radius 3 is 2.62 bits per heavy atom. The molecule has 5 nitrogen and oxygen atoms in total. The summed E-state index contributed by atoms with van der Waals surface area (Å²) >= 11 is 0. The van der Waals surface area contributed by atoms with Gasteiger partial charge >= 0.3 is 6.03 Å². The van der Waals surface area contributed by atoms with Crippen LogP contribution in [0, 0.1) is 0 Å². The van der Waals surface area contributed by atoms with Crippen molar-refractivity contribution in [2.24, 2.45) is 0 Å². The number of benzene rings is 1. The van der Waals surface area contributed by atoms with Crippen molar-refractivity contribution < 1.29 is 9.59 Å². The normalized spacial score (nSPS) is 21.0. The molecule has 1 aromatic carbocycles. The summed E-state index contributed by atoms with van der Waals surface area (Å²) in [5, 5.41) is 6.14. The van der Waals surface area contributed by atoms with Crippen molar-refractivity contribution in [3.05, 3.63) is 35.4 Å². The summed E-state index contributed by atoms with van der Waals surface area (Å²) in [7, 11) is 0. The predicted molar refractivity (Wildman–Crippen MR) is 103 cm³/mol. The number of urea groups is 1. The minimum atomic E-state index is 0.0137. The average Bonchev–Trinajstić information content (AvgIpc) is 3.14. The molecule has 2 aliphatic rings. The van der Waals surface area contributed by atoms with E-state index in [2.05, 4.69) is 16.7 Å². The first kappa shape index (κ1) is 18.7. The van der Waals surface area contributed by atoms with Crippen molar-refractivity contribution in [3.8, 4) is 0 Å². The molecule has 2 fully saturated rings. The van der Waals surface area contributed by atoms with Crippen molar-refractivity contribution in [2.75, 3.05) is 13.1 Å². The third kappa shape index (κ3) is 4.77. The van der Waals surface area contributed by atoms with E-state index < -0.39 is 0 Å². The van der Waals surface area contributed by atoms with Crippen LogP contribution >= 0.6 is 0 Å². The van der Waals surface area contributed by atoms with Crippen LogP contribution in [0.1, 0.15) is 74.2 Å². The van der Waals surface area contributed by atoms with Crippen LogP contribution in [-0.2, 0) is 0 Å². The van der Waals surface area contributed by atoms with Crippen LogP contribution in [0.4, 0.5) is 4.79 Å². The average molecular weight is 357 g/mol. The second kappa shape index (κ2) is 8.56. The van der Waals surface area contributed by atoms with Gasteiger partial charge in [0.2, 0.25) is 0 Å². The fourth-order valence-corrected chi connectivity index (χ4v) is 4.04. The molecular weight excluding hydrogens is 326 g/mol. The largest absolute Gasteiger partial charge is 0.349 e. The van der Waals surface area contributed by atoms with E-state index in [1.54, 1.807) is 0 Å². The molecule has 0 radical (unpaired) electrons. The van der Waals surface area contributed by atoms with E-state index in [0.29, 0.717) is 18.5 Å². The van der Waals surface area contributed by atoms with Crippen LogP contribution in [-0.4, -0.2) is 42.0 Å². The summed E-state index contributed by atoms with van der Waals surface area (Å²) in [6.45, 7) is 5.47. The number of rotatable bonds is 4. The van der Waals surface area contributed by atoms with Gasteiger partial charge in [-0.15, -0.1) is 0 Å². The van der Waals surface area contributed by atoms with Gasteiger partial charge in [0.05, 0.1) is 0 Å². The maximum absolute atomic E-state index is 12.5. The Kier molecular flexibility index (Phi) is 6.17. The number of amides is 3. The molecule has 0 spiro atoms. The minimum absolute atomic E-state index is 0.0137. The first-order chi connectivity index (χ1) is 12.5. The molecule has 1 aromatic rings. The van der Waals surface area contributed by atoms with Gasteiger partial charge in [0.15, 0.2) is 0 Å². The number of piperidine rings is 1. The molecule has 1 atom stereocenters. The van der Waals surface area contributed by atoms with Crippen LogP contribution in [0.15, 0.2) is 24.3 Å². The summed E-state index contributed by atoms with van der Waals surface area (Å²) in [5.41, 5.74) is 1.89. The third-order valence-electron chi connectivity index (χ3n) is 5.43. The molecule has 26 heavy (non-hydrogen) atoms. The Bertz CT molecular complexity index is 638. The second-order valence-electron chi connectivity index (χ2n) is 7.97. The van der Waals surface area contributed by atoms with E-state index in [0.717, 1.165) is 43.4 Å². The van der Waals surface area contributed by atoms with Crippen molar-refractivity contribution >= 4 is 11.9 Å². The Balaban J connectivity index is 1.65. The van der Waals surface area contributed by atoms with E-state index in [9.17, 15) is 9.59 Å². The lowest BCUT2D eigenvalue weighted by Crippen LogP contribution is -2.47. The van der Waals surface area contributed by atoms with Gasteiger partial charge < -0.3 is 15.5 Å². The molecule has 2 N–H and O–H groups in total. The van der Waals surface area contributed by atoms with Gasteiger partial charge in [0, 0.05) is 36.7 Å². The Morgan fingerprint density at radius 1 is 1.12 bits per heavy atom. The highest BCUT2D eigenvalue weighted by molar-refractivity contribution is 5.94. The van der Waals surface area contributed by atoms with Crippen molar-refractivity contribution in [1.29, 1.82) is 0 Å².